The molecule has 5 rings (SSSR count). The van der Waals surface area contributed by atoms with Gasteiger partial charge in [-0.25, -0.2) is 22.7 Å². The summed E-state index contributed by atoms with van der Waals surface area (Å²) in [6.45, 7) is 1.10. The first-order valence-electron chi connectivity index (χ1n) is 11.2. The molecule has 6 nitrogen and oxygen atoms in total. The van der Waals surface area contributed by atoms with Crippen molar-refractivity contribution in [2.24, 2.45) is 0 Å². The minimum absolute atomic E-state index is 0.205. The summed E-state index contributed by atoms with van der Waals surface area (Å²) in [5, 5.41) is 4.84. The van der Waals surface area contributed by atoms with Gasteiger partial charge in [0, 0.05) is 24.0 Å². The second kappa shape index (κ2) is 8.92. The monoisotopic (exact) mass is 468 g/mol. The highest BCUT2D eigenvalue weighted by molar-refractivity contribution is 7.88. The molecular formula is C24H28N4O2S2. The van der Waals surface area contributed by atoms with E-state index in [1.54, 1.807) is 15.6 Å². The van der Waals surface area contributed by atoms with Gasteiger partial charge < -0.3 is 5.32 Å². The first kappa shape index (κ1) is 21.6. The first-order valence-corrected chi connectivity index (χ1v) is 13.9. The molecule has 32 heavy (non-hydrogen) atoms. The highest BCUT2D eigenvalue weighted by Crippen LogP contribution is 2.39. The molecule has 168 valence electrons. The van der Waals surface area contributed by atoms with Crippen molar-refractivity contribution in [1.29, 1.82) is 0 Å². The minimum atomic E-state index is -3.13. The lowest BCUT2D eigenvalue weighted by Crippen LogP contribution is -2.42. The van der Waals surface area contributed by atoms with Gasteiger partial charge >= 0.3 is 0 Å². The summed E-state index contributed by atoms with van der Waals surface area (Å²) in [6.07, 6.45) is 11.5. The predicted molar refractivity (Wildman–Crippen MR) is 132 cm³/mol. The number of aryl methyl sites for hydroxylation is 2. The van der Waals surface area contributed by atoms with Crippen LogP contribution in [0.2, 0.25) is 0 Å². The molecule has 1 aromatic carbocycles. The Morgan fingerprint density at radius 1 is 1.06 bits per heavy atom. The van der Waals surface area contributed by atoms with E-state index < -0.39 is 10.0 Å². The fourth-order valence-electron chi connectivity index (χ4n) is 4.61. The van der Waals surface area contributed by atoms with E-state index >= 15 is 0 Å². The van der Waals surface area contributed by atoms with Crippen LogP contribution in [0.3, 0.4) is 0 Å². The van der Waals surface area contributed by atoms with E-state index in [2.05, 4.69) is 17.4 Å². The zero-order chi connectivity index (χ0) is 22.1. The van der Waals surface area contributed by atoms with E-state index in [1.165, 1.54) is 34.9 Å². The van der Waals surface area contributed by atoms with Gasteiger partial charge in [-0.2, -0.15) is 0 Å². The normalized spacial score (nSPS) is 18.3. The van der Waals surface area contributed by atoms with E-state index in [4.69, 9.17) is 9.97 Å². The van der Waals surface area contributed by atoms with Crippen molar-refractivity contribution in [3.8, 4) is 0 Å². The van der Waals surface area contributed by atoms with Crippen LogP contribution in [0.4, 0.5) is 5.82 Å². The van der Waals surface area contributed by atoms with Gasteiger partial charge in [0.2, 0.25) is 10.0 Å². The third kappa shape index (κ3) is 4.58. The highest BCUT2D eigenvalue weighted by atomic mass is 32.2. The maximum atomic E-state index is 11.9. The molecule has 0 bridgehead atoms. The van der Waals surface area contributed by atoms with E-state index in [9.17, 15) is 8.42 Å². The van der Waals surface area contributed by atoms with Gasteiger partial charge in [-0.05, 0) is 55.7 Å². The van der Waals surface area contributed by atoms with Gasteiger partial charge in [-0.15, -0.1) is 11.3 Å². The van der Waals surface area contributed by atoms with E-state index in [0.717, 1.165) is 41.9 Å². The fraction of sp³-hybridized carbons (Fsp3) is 0.417. The number of benzene rings is 1. The van der Waals surface area contributed by atoms with Crippen molar-refractivity contribution in [1.82, 2.24) is 14.3 Å². The molecule has 0 amide bonds. The Labute approximate surface area is 193 Å². The van der Waals surface area contributed by atoms with Crippen molar-refractivity contribution < 1.29 is 8.42 Å². The van der Waals surface area contributed by atoms with Crippen molar-refractivity contribution in [3.05, 3.63) is 52.2 Å². The molecule has 1 saturated heterocycles. The van der Waals surface area contributed by atoms with Crippen molar-refractivity contribution in [2.75, 3.05) is 24.7 Å². The van der Waals surface area contributed by atoms with Crippen LogP contribution in [0, 0.1) is 0 Å². The number of fused-ring (bicyclic) bond motifs is 3. The van der Waals surface area contributed by atoms with E-state index in [-0.39, 0.29) is 6.04 Å². The molecule has 0 unspecified atom stereocenters. The summed E-state index contributed by atoms with van der Waals surface area (Å²) in [7, 11) is -3.13. The Morgan fingerprint density at radius 2 is 1.81 bits per heavy atom. The van der Waals surface area contributed by atoms with Gasteiger partial charge in [-0.3, -0.25) is 0 Å². The van der Waals surface area contributed by atoms with Crippen LogP contribution in [-0.4, -0.2) is 48.1 Å². The average Bonchev–Trinajstić information content (AvgIpc) is 3.17. The number of sulfonamides is 1. The summed E-state index contributed by atoms with van der Waals surface area (Å²) < 4.78 is 25.3. The molecule has 0 radical (unpaired) electrons. The number of rotatable bonds is 5. The molecule has 2 aromatic heterocycles. The summed E-state index contributed by atoms with van der Waals surface area (Å²) in [6, 6.07) is 10.4. The minimum Gasteiger partial charge on any atom is -0.367 e. The van der Waals surface area contributed by atoms with Crippen LogP contribution in [0.1, 0.15) is 47.5 Å². The zero-order valence-corrected chi connectivity index (χ0v) is 19.9. The van der Waals surface area contributed by atoms with Gasteiger partial charge in [0.15, 0.2) is 5.82 Å². The number of thiophene rings is 1. The Morgan fingerprint density at radius 3 is 2.56 bits per heavy atom. The number of hydrogen-bond acceptors (Lipinski definition) is 6. The molecule has 1 fully saturated rings. The molecule has 8 heteroatoms. The van der Waals surface area contributed by atoms with Gasteiger partial charge in [-0.1, -0.05) is 36.4 Å². The van der Waals surface area contributed by atoms with Crippen LogP contribution in [0.15, 0.2) is 30.3 Å². The lowest BCUT2D eigenvalue weighted by molar-refractivity contribution is 0.331. The predicted octanol–water partition coefficient (Wildman–Crippen LogP) is 4.58. The first-order chi connectivity index (χ1) is 15.5. The number of nitrogens with one attached hydrogen (secondary N) is 1. The number of hydrogen-bond donors (Lipinski definition) is 1. The molecule has 0 spiro atoms. The Balaban J connectivity index is 1.47. The van der Waals surface area contributed by atoms with Crippen molar-refractivity contribution in [2.45, 2.75) is 44.6 Å². The summed E-state index contributed by atoms with van der Waals surface area (Å²) in [5.74, 6) is 1.61. The van der Waals surface area contributed by atoms with Gasteiger partial charge in [0.1, 0.15) is 10.6 Å². The van der Waals surface area contributed by atoms with E-state index in [0.29, 0.717) is 18.9 Å². The number of nitrogens with zero attached hydrogens (tertiary/aromatic N) is 3. The molecule has 1 aliphatic carbocycles. The smallest absolute Gasteiger partial charge is 0.211 e. The van der Waals surface area contributed by atoms with Gasteiger partial charge in [0.05, 0.1) is 11.6 Å². The summed E-state index contributed by atoms with van der Waals surface area (Å²) in [4.78, 5) is 12.3. The zero-order valence-electron chi connectivity index (χ0n) is 18.3. The summed E-state index contributed by atoms with van der Waals surface area (Å²) in [5.41, 5.74) is 2.52. The van der Waals surface area contributed by atoms with Crippen LogP contribution >= 0.6 is 11.3 Å². The van der Waals surface area contributed by atoms with Crippen LogP contribution in [-0.2, 0) is 22.9 Å². The lowest BCUT2D eigenvalue weighted by atomic mass is 9.96. The Bertz CT molecular complexity index is 1240. The molecule has 3 heterocycles. The van der Waals surface area contributed by atoms with Crippen LogP contribution < -0.4 is 5.32 Å². The largest absolute Gasteiger partial charge is 0.367 e. The topological polar surface area (TPSA) is 75.2 Å². The fourth-order valence-corrected chi connectivity index (χ4v) is 6.76. The molecule has 1 N–H and O–H groups in total. The quantitative estimate of drug-likeness (QED) is 0.593. The standard InChI is InChI=1S/C24H28N4O2S2/c1-32(29,30)28-15-13-18(14-16-28)25-23-22-19-9-5-6-10-20(19)31-24(22)27-21(26-23)12-11-17-7-3-2-4-8-17/h2-4,7-8,11-12,18H,5-6,9-10,13-16H2,1H3,(H,25,26,27)/b12-11+. The maximum Gasteiger partial charge on any atom is 0.211 e. The third-order valence-corrected chi connectivity index (χ3v) is 8.81. The Hall–Kier alpha value is -2.29. The van der Waals surface area contributed by atoms with Crippen LogP contribution in [0.5, 0.6) is 0 Å². The van der Waals surface area contributed by atoms with Crippen molar-refractivity contribution in [3.63, 3.8) is 0 Å². The maximum absolute atomic E-state index is 11.9. The second-order valence-electron chi connectivity index (χ2n) is 8.65. The Kier molecular flexibility index (Phi) is 6.01. The molecule has 0 atom stereocenters. The molecule has 2 aliphatic rings. The van der Waals surface area contributed by atoms with E-state index in [1.807, 2.05) is 30.4 Å². The average molecular weight is 469 g/mol. The van der Waals surface area contributed by atoms with Gasteiger partial charge in [0.25, 0.3) is 0 Å². The molecular weight excluding hydrogens is 440 g/mol. The van der Waals surface area contributed by atoms with Crippen molar-refractivity contribution >= 4 is 49.5 Å². The SMILES string of the molecule is CS(=O)(=O)N1CCC(Nc2nc(/C=C/c3ccccc3)nc3sc4c(c23)CCCC4)CC1. The number of piperidine rings is 1. The highest BCUT2D eigenvalue weighted by Gasteiger charge is 2.27. The molecule has 0 saturated carbocycles. The van der Waals surface area contributed by atoms with Crippen LogP contribution in [0.25, 0.3) is 22.4 Å². The molecule has 1 aliphatic heterocycles. The number of aromatic nitrogens is 2. The third-order valence-electron chi connectivity index (χ3n) is 6.32. The number of anilines is 1. The molecule has 3 aromatic rings. The summed E-state index contributed by atoms with van der Waals surface area (Å²) >= 11 is 1.80. The lowest BCUT2D eigenvalue weighted by Gasteiger charge is -2.31. The second-order valence-corrected chi connectivity index (χ2v) is 11.7.